The van der Waals surface area contributed by atoms with Gasteiger partial charge in [0.15, 0.2) is 17.6 Å². The van der Waals surface area contributed by atoms with Crippen LogP contribution >= 0.6 is 11.6 Å². The summed E-state index contributed by atoms with van der Waals surface area (Å²) in [6, 6.07) is 8.26. The lowest BCUT2D eigenvalue weighted by atomic mass is 10.2. The number of hydrogen-bond donors (Lipinski definition) is 1. The number of hydrogen-bond acceptors (Lipinski definition) is 5. The van der Waals surface area contributed by atoms with Crippen LogP contribution in [0.4, 0.5) is 10.1 Å². The number of nitrogens with one attached hydrogen (secondary N) is 1. The molecule has 0 aromatic heterocycles. The van der Waals surface area contributed by atoms with Gasteiger partial charge in [0.1, 0.15) is 5.82 Å². The fraction of sp³-hybridized carbons (Fsp3) is 0.364. The summed E-state index contributed by atoms with van der Waals surface area (Å²) >= 11 is 5.90. The zero-order valence-electron chi connectivity index (χ0n) is 17.3. The van der Waals surface area contributed by atoms with E-state index in [0.29, 0.717) is 30.6 Å². The molecular formula is C22H25ClFNO5. The molecular weight excluding hydrogens is 413 g/mol. The number of anilines is 1. The number of carbonyl (C=O) groups is 2. The first-order chi connectivity index (χ1) is 14.2. The smallest absolute Gasteiger partial charge is 0.339 e. The summed E-state index contributed by atoms with van der Waals surface area (Å²) in [6.07, 6.45) is -1.11. The Hall–Kier alpha value is -2.80. The van der Waals surface area contributed by atoms with Crippen LogP contribution in [-0.4, -0.2) is 31.2 Å². The van der Waals surface area contributed by atoms with Crippen molar-refractivity contribution in [3.05, 3.63) is 52.8 Å². The van der Waals surface area contributed by atoms with Gasteiger partial charge in [0, 0.05) is 0 Å². The van der Waals surface area contributed by atoms with E-state index in [0.717, 1.165) is 12.1 Å². The van der Waals surface area contributed by atoms with Crippen molar-refractivity contribution < 1.29 is 28.2 Å². The third-order valence-electron chi connectivity index (χ3n) is 3.89. The number of rotatable bonds is 9. The molecule has 0 bridgehead atoms. The molecule has 8 heteroatoms. The molecule has 0 fully saturated rings. The summed E-state index contributed by atoms with van der Waals surface area (Å²) in [5.74, 6) is -0.541. The number of esters is 1. The number of carbonyl (C=O) groups excluding carboxylic acids is 2. The fourth-order valence-electron chi connectivity index (χ4n) is 2.39. The van der Waals surface area contributed by atoms with E-state index in [-0.39, 0.29) is 16.3 Å². The minimum absolute atomic E-state index is 0.0419. The van der Waals surface area contributed by atoms with Crippen molar-refractivity contribution in [1.29, 1.82) is 0 Å². The number of amides is 1. The van der Waals surface area contributed by atoms with E-state index in [4.69, 9.17) is 25.8 Å². The standard InChI is InChI=1S/C22H25ClFNO5/c1-5-28-20-10-15(6-9-19(20)29-12-13(2)3)22(27)30-14(4)21(26)25-18-8-7-16(24)11-17(18)23/h6-11,13-14H,5,12H2,1-4H3,(H,25,26). The summed E-state index contributed by atoms with van der Waals surface area (Å²) in [5, 5.41) is 2.54. The molecule has 0 saturated carbocycles. The lowest BCUT2D eigenvalue weighted by Crippen LogP contribution is -2.30. The topological polar surface area (TPSA) is 73.9 Å². The Labute approximate surface area is 180 Å². The van der Waals surface area contributed by atoms with Crippen LogP contribution in [-0.2, 0) is 9.53 Å². The second kappa shape index (κ2) is 10.8. The lowest BCUT2D eigenvalue weighted by Gasteiger charge is -2.16. The monoisotopic (exact) mass is 437 g/mol. The number of ether oxygens (including phenoxy) is 3. The van der Waals surface area contributed by atoms with E-state index in [1.54, 1.807) is 12.1 Å². The van der Waals surface area contributed by atoms with Gasteiger partial charge in [-0.2, -0.15) is 0 Å². The zero-order chi connectivity index (χ0) is 22.3. The summed E-state index contributed by atoms with van der Waals surface area (Å²) < 4.78 is 29.6. The Balaban J connectivity index is 2.06. The molecule has 1 N–H and O–H groups in total. The predicted octanol–water partition coefficient (Wildman–Crippen LogP) is 5.10. The summed E-state index contributed by atoms with van der Waals surface area (Å²) in [5.41, 5.74) is 0.436. The maximum absolute atomic E-state index is 13.1. The van der Waals surface area contributed by atoms with Gasteiger partial charge < -0.3 is 19.5 Å². The van der Waals surface area contributed by atoms with Gasteiger partial charge in [-0.25, -0.2) is 9.18 Å². The van der Waals surface area contributed by atoms with Crippen molar-refractivity contribution in [2.45, 2.75) is 33.8 Å². The molecule has 0 spiro atoms. The predicted molar refractivity (Wildman–Crippen MR) is 113 cm³/mol. The SMILES string of the molecule is CCOc1cc(C(=O)OC(C)C(=O)Nc2ccc(F)cc2Cl)ccc1OCC(C)C. The van der Waals surface area contributed by atoms with Gasteiger partial charge in [-0.3, -0.25) is 4.79 Å². The van der Waals surface area contributed by atoms with Gasteiger partial charge >= 0.3 is 5.97 Å². The van der Waals surface area contributed by atoms with Crippen LogP contribution in [0, 0.1) is 11.7 Å². The maximum atomic E-state index is 13.1. The molecule has 2 aromatic rings. The van der Waals surface area contributed by atoms with Crippen LogP contribution in [0.2, 0.25) is 5.02 Å². The summed E-state index contributed by atoms with van der Waals surface area (Å²) in [4.78, 5) is 24.8. The molecule has 2 aromatic carbocycles. The molecule has 0 heterocycles. The average Bonchev–Trinajstić information content (AvgIpc) is 2.69. The highest BCUT2D eigenvalue weighted by Crippen LogP contribution is 2.29. The molecule has 0 aliphatic heterocycles. The largest absolute Gasteiger partial charge is 0.490 e. The quantitative estimate of drug-likeness (QED) is 0.552. The fourth-order valence-corrected chi connectivity index (χ4v) is 2.60. The minimum atomic E-state index is -1.11. The first kappa shape index (κ1) is 23.5. The van der Waals surface area contributed by atoms with Crippen LogP contribution in [0.1, 0.15) is 38.1 Å². The molecule has 6 nitrogen and oxygen atoms in total. The van der Waals surface area contributed by atoms with Crippen LogP contribution in [0.5, 0.6) is 11.5 Å². The van der Waals surface area contributed by atoms with Gasteiger partial charge in [-0.1, -0.05) is 25.4 Å². The first-order valence-corrected chi connectivity index (χ1v) is 9.95. The lowest BCUT2D eigenvalue weighted by molar-refractivity contribution is -0.123. The Bertz CT molecular complexity index is 903. The van der Waals surface area contributed by atoms with Gasteiger partial charge in [-0.15, -0.1) is 0 Å². The van der Waals surface area contributed by atoms with Gasteiger partial charge in [0.2, 0.25) is 0 Å². The first-order valence-electron chi connectivity index (χ1n) is 9.57. The van der Waals surface area contributed by atoms with Gasteiger partial charge in [0.25, 0.3) is 5.91 Å². The molecule has 0 aliphatic carbocycles. The highest BCUT2D eigenvalue weighted by molar-refractivity contribution is 6.33. The maximum Gasteiger partial charge on any atom is 0.339 e. The van der Waals surface area contributed by atoms with Crippen LogP contribution in [0.15, 0.2) is 36.4 Å². The highest BCUT2D eigenvalue weighted by Gasteiger charge is 2.21. The molecule has 1 atom stereocenters. The summed E-state index contributed by atoms with van der Waals surface area (Å²) in [7, 11) is 0. The molecule has 1 unspecified atom stereocenters. The van der Waals surface area contributed by atoms with Gasteiger partial charge in [-0.05, 0) is 56.2 Å². The molecule has 0 aliphatic rings. The third-order valence-corrected chi connectivity index (χ3v) is 4.21. The Morgan fingerprint density at radius 3 is 2.43 bits per heavy atom. The molecule has 0 saturated heterocycles. The normalized spacial score (nSPS) is 11.7. The van der Waals surface area contributed by atoms with Crippen molar-refractivity contribution in [3.8, 4) is 11.5 Å². The van der Waals surface area contributed by atoms with Crippen molar-refractivity contribution in [2.24, 2.45) is 5.92 Å². The van der Waals surface area contributed by atoms with Gasteiger partial charge in [0.05, 0.1) is 29.5 Å². The Kier molecular flexibility index (Phi) is 8.47. The van der Waals surface area contributed by atoms with E-state index in [2.05, 4.69) is 5.32 Å². The average molecular weight is 438 g/mol. The molecule has 30 heavy (non-hydrogen) atoms. The van der Waals surface area contributed by atoms with Crippen molar-refractivity contribution in [2.75, 3.05) is 18.5 Å². The van der Waals surface area contributed by atoms with Crippen LogP contribution in [0.3, 0.4) is 0 Å². The van der Waals surface area contributed by atoms with E-state index in [1.165, 1.54) is 19.1 Å². The summed E-state index contributed by atoms with van der Waals surface area (Å²) in [6.45, 7) is 8.20. The van der Waals surface area contributed by atoms with E-state index in [9.17, 15) is 14.0 Å². The van der Waals surface area contributed by atoms with Crippen molar-refractivity contribution in [1.82, 2.24) is 0 Å². The third kappa shape index (κ3) is 6.62. The van der Waals surface area contributed by atoms with Crippen molar-refractivity contribution in [3.63, 3.8) is 0 Å². The second-order valence-electron chi connectivity index (χ2n) is 6.96. The van der Waals surface area contributed by atoms with E-state index in [1.807, 2.05) is 20.8 Å². The minimum Gasteiger partial charge on any atom is -0.490 e. The van der Waals surface area contributed by atoms with E-state index < -0.39 is 23.8 Å². The van der Waals surface area contributed by atoms with Crippen molar-refractivity contribution >= 4 is 29.2 Å². The second-order valence-corrected chi connectivity index (χ2v) is 7.37. The number of benzene rings is 2. The Morgan fingerprint density at radius 1 is 1.07 bits per heavy atom. The molecule has 2 rings (SSSR count). The molecule has 0 radical (unpaired) electrons. The zero-order valence-corrected chi connectivity index (χ0v) is 18.1. The number of halogens is 2. The molecule has 1 amide bonds. The van der Waals surface area contributed by atoms with E-state index >= 15 is 0 Å². The molecule has 162 valence electrons. The van der Waals surface area contributed by atoms with Crippen LogP contribution < -0.4 is 14.8 Å². The Morgan fingerprint density at radius 2 is 1.80 bits per heavy atom. The highest BCUT2D eigenvalue weighted by atomic mass is 35.5. The van der Waals surface area contributed by atoms with Crippen LogP contribution in [0.25, 0.3) is 0 Å².